The van der Waals surface area contributed by atoms with Crippen LogP contribution in [0.15, 0.2) is 18.6 Å². The van der Waals surface area contributed by atoms with Crippen molar-refractivity contribution in [1.29, 1.82) is 0 Å². The molecule has 1 heterocycles. The van der Waals surface area contributed by atoms with Gasteiger partial charge in [-0.3, -0.25) is 0 Å². The maximum absolute atomic E-state index is 5.97. The van der Waals surface area contributed by atoms with Crippen LogP contribution < -0.4 is 0 Å². The van der Waals surface area contributed by atoms with E-state index in [2.05, 4.69) is 9.97 Å². The number of nitrogens with zero attached hydrogens (tertiary/aromatic N) is 2. The zero-order valence-electron chi connectivity index (χ0n) is 6.00. The van der Waals surface area contributed by atoms with Crippen molar-refractivity contribution >= 4 is 11.6 Å². The summed E-state index contributed by atoms with van der Waals surface area (Å²) in [6.07, 6.45) is 3.19. The number of hydrogen-bond donors (Lipinski definition) is 0. The van der Waals surface area contributed by atoms with Gasteiger partial charge in [-0.2, -0.15) is 0 Å². The van der Waals surface area contributed by atoms with Gasteiger partial charge in [0.2, 0.25) is 0 Å². The zero-order chi connectivity index (χ0) is 7.61. The fourth-order valence-electron chi connectivity index (χ4n) is 0.642. The van der Waals surface area contributed by atoms with Gasteiger partial charge >= 0.3 is 0 Å². The second-order valence-electron chi connectivity index (χ2n) is 2.57. The predicted octanol–water partition coefficient (Wildman–Crippen LogP) is 1.95. The smallest absolute Gasteiger partial charge is 0.115 e. The van der Waals surface area contributed by atoms with Gasteiger partial charge in [0.05, 0.1) is 10.6 Å². The van der Waals surface area contributed by atoms with Gasteiger partial charge in [0, 0.05) is 6.20 Å². The molecule has 0 aliphatic heterocycles. The number of alkyl halides is 1. The first-order valence-corrected chi connectivity index (χ1v) is 3.44. The summed E-state index contributed by atoms with van der Waals surface area (Å²) in [5.74, 6) is 0. The van der Waals surface area contributed by atoms with Gasteiger partial charge in [0.1, 0.15) is 6.33 Å². The largest absolute Gasteiger partial charge is 0.245 e. The van der Waals surface area contributed by atoms with Crippen molar-refractivity contribution in [2.45, 2.75) is 18.7 Å². The highest BCUT2D eigenvalue weighted by molar-refractivity contribution is 6.23. The van der Waals surface area contributed by atoms with Crippen LogP contribution in [0.25, 0.3) is 0 Å². The van der Waals surface area contributed by atoms with E-state index in [4.69, 9.17) is 11.6 Å². The molecule has 0 saturated carbocycles. The van der Waals surface area contributed by atoms with E-state index in [1.807, 2.05) is 19.9 Å². The average Bonchev–Trinajstić information content (AvgIpc) is 1.88. The van der Waals surface area contributed by atoms with Crippen molar-refractivity contribution in [1.82, 2.24) is 9.97 Å². The molecular weight excluding hydrogens is 148 g/mol. The minimum atomic E-state index is -0.386. The van der Waals surface area contributed by atoms with Crippen molar-refractivity contribution in [2.24, 2.45) is 0 Å². The molecule has 0 amide bonds. The first-order valence-electron chi connectivity index (χ1n) is 3.06. The first-order chi connectivity index (χ1) is 4.61. The van der Waals surface area contributed by atoms with Crippen molar-refractivity contribution < 1.29 is 0 Å². The van der Waals surface area contributed by atoms with Crippen LogP contribution in [0.5, 0.6) is 0 Å². The summed E-state index contributed by atoms with van der Waals surface area (Å²) in [4.78, 5) is 7.41. The topological polar surface area (TPSA) is 25.8 Å². The summed E-state index contributed by atoms with van der Waals surface area (Å²) in [5, 5.41) is 0. The molecule has 3 heteroatoms. The van der Waals surface area contributed by atoms with Gasteiger partial charge in [-0.25, -0.2) is 9.97 Å². The fraction of sp³-hybridized carbons (Fsp3) is 0.429. The summed E-state index contributed by atoms with van der Waals surface area (Å²) in [6.45, 7) is 3.80. The van der Waals surface area contributed by atoms with E-state index >= 15 is 0 Å². The normalized spacial score (nSPS) is 11.5. The van der Waals surface area contributed by atoms with Crippen molar-refractivity contribution in [2.75, 3.05) is 0 Å². The maximum Gasteiger partial charge on any atom is 0.115 e. The average molecular weight is 157 g/mol. The Bertz CT molecular complexity index is 203. The highest BCUT2D eigenvalue weighted by Crippen LogP contribution is 2.24. The Labute approximate surface area is 65.3 Å². The second kappa shape index (κ2) is 2.54. The molecule has 54 valence electrons. The van der Waals surface area contributed by atoms with Gasteiger partial charge in [-0.15, -0.1) is 11.6 Å². The van der Waals surface area contributed by atoms with Crippen molar-refractivity contribution in [3.8, 4) is 0 Å². The molecule has 0 aliphatic carbocycles. The molecule has 1 aromatic rings. The van der Waals surface area contributed by atoms with Crippen molar-refractivity contribution in [3.05, 3.63) is 24.3 Å². The summed E-state index contributed by atoms with van der Waals surface area (Å²) in [6, 6.07) is 1.81. The molecule has 0 atom stereocenters. The lowest BCUT2D eigenvalue weighted by Gasteiger charge is -2.13. The minimum absolute atomic E-state index is 0.386. The molecule has 0 spiro atoms. The Kier molecular flexibility index (Phi) is 1.90. The van der Waals surface area contributed by atoms with Crippen molar-refractivity contribution in [3.63, 3.8) is 0 Å². The molecule has 0 bridgehead atoms. The molecule has 1 rings (SSSR count). The van der Waals surface area contributed by atoms with E-state index in [1.165, 1.54) is 6.33 Å². The highest BCUT2D eigenvalue weighted by atomic mass is 35.5. The first kappa shape index (κ1) is 7.48. The van der Waals surface area contributed by atoms with Crippen LogP contribution >= 0.6 is 11.6 Å². The Morgan fingerprint density at radius 2 is 2.20 bits per heavy atom. The molecule has 10 heavy (non-hydrogen) atoms. The van der Waals surface area contributed by atoms with Crippen LogP contribution in [0.3, 0.4) is 0 Å². The van der Waals surface area contributed by atoms with Crippen LogP contribution in [0.2, 0.25) is 0 Å². The number of aromatic nitrogens is 2. The molecule has 0 aromatic carbocycles. The zero-order valence-corrected chi connectivity index (χ0v) is 6.76. The van der Waals surface area contributed by atoms with E-state index in [9.17, 15) is 0 Å². The van der Waals surface area contributed by atoms with Gasteiger partial charge in [0.25, 0.3) is 0 Å². The lowest BCUT2D eigenvalue weighted by Crippen LogP contribution is -2.09. The minimum Gasteiger partial charge on any atom is -0.245 e. The molecular formula is C7H9ClN2. The summed E-state index contributed by atoms with van der Waals surface area (Å²) >= 11 is 5.97. The molecule has 0 aliphatic rings. The number of rotatable bonds is 1. The van der Waals surface area contributed by atoms with Crippen LogP contribution in [0, 0.1) is 0 Å². The monoisotopic (exact) mass is 156 g/mol. The SMILES string of the molecule is CC(C)(Cl)c1ccncn1. The van der Waals surface area contributed by atoms with E-state index in [-0.39, 0.29) is 4.87 Å². The molecule has 0 radical (unpaired) electrons. The molecule has 2 nitrogen and oxygen atoms in total. The summed E-state index contributed by atoms with van der Waals surface area (Å²) in [7, 11) is 0. The summed E-state index contributed by atoms with van der Waals surface area (Å²) in [5.41, 5.74) is 0.851. The second-order valence-corrected chi connectivity index (χ2v) is 3.51. The fourth-order valence-corrected chi connectivity index (χ4v) is 0.754. The molecule has 0 fully saturated rings. The molecule has 0 unspecified atom stereocenters. The Morgan fingerprint density at radius 1 is 1.50 bits per heavy atom. The van der Waals surface area contributed by atoms with Crippen LogP contribution in [0.4, 0.5) is 0 Å². The summed E-state index contributed by atoms with van der Waals surface area (Å²) < 4.78 is 0. The van der Waals surface area contributed by atoms with E-state index in [0.29, 0.717) is 0 Å². The molecule has 1 aromatic heterocycles. The lowest BCUT2D eigenvalue weighted by molar-refractivity contribution is 0.726. The highest BCUT2D eigenvalue weighted by Gasteiger charge is 2.16. The molecule has 0 saturated heterocycles. The van der Waals surface area contributed by atoms with E-state index in [1.54, 1.807) is 6.20 Å². The number of halogens is 1. The Hall–Kier alpha value is -0.630. The standard InChI is InChI=1S/C7H9ClN2/c1-7(2,8)6-3-4-9-5-10-6/h3-5H,1-2H3. The quantitative estimate of drug-likeness (QED) is 0.581. The number of hydrogen-bond acceptors (Lipinski definition) is 2. The van der Waals surface area contributed by atoms with Gasteiger partial charge in [0.15, 0.2) is 0 Å². The van der Waals surface area contributed by atoms with E-state index < -0.39 is 0 Å². The van der Waals surface area contributed by atoms with E-state index in [0.717, 1.165) is 5.69 Å². The third-order valence-electron chi connectivity index (χ3n) is 1.19. The lowest BCUT2D eigenvalue weighted by atomic mass is 10.1. The van der Waals surface area contributed by atoms with Gasteiger partial charge in [-0.05, 0) is 19.9 Å². The van der Waals surface area contributed by atoms with Gasteiger partial charge < -0.3 is 0 Å². The van der Waals surface area contributed by atoms with Crippen LogP contribution in [0.1, 0.15) is 19.5 Å². The van der Waals surface area contributed by atoms with Crippen LogP contribution in [-0.2, 0) is 4.87 Å². The maximum atomic E-state index is 5.97. The molecule has 0 N–H and O–H groups in total. The third kappa shape index (κ3) is 1.67. The predicted molar refractivity (Wildman–Crippen MR) is 40.9 cm³/mol. The van der Waals surface area contributed by atoms with Crippen LogP contribution in [-0.4, -0.2) is 9.97 Å². The van der Waals surface area contributed by atoms with Gasteiger partial charge in [-0.1, -0.05) is 0 Å². The Balaban J connectivity index is 2.97. The third-order valence-corrected chi connectivity index (χ3v) is 1.38. The Morgan fingerprint density at radius 3 is 2.50 bits per heavy atom.